The maximum atomic E-state index is 5.78. The molecule has 0 N–H and O–H groups in total. The summed E-state index contributed by atoms with van der Waals surface area (Å²) in [4.78, 5) is 2.20. The van der Waals surface area contributed by atoms with E-state index in [4.69, 9.17) is 9.47 Å². The van der Waals surface area contributed by atoms with Crippen LogP contribution in [-0.2, 0) is 6.42 Å². The van der Waals surface area contributed by atoms with Gasteiger partial charge in [0.05, 0.1) is 17.7 Å². The lowest BCUT2D eigenvalue weighted by Crippen LogP contribution is -2.13. The number of ether oxygens (including phenoxy) is 2. The normalized spacial score (nSPS) is 11.2. The zero-order chi connectivity index (χ0) is 14.4. The number of methoxy groups -OCH3 is 1. The van der Waals surface area contributed by atoms with Gasteiger partial charge >= 0.3 is 0 Å². The minimum atomic E-state index is 0.129. The standard InChI is InChI=1S/C15H24BrNO2/c1-11(2)19-15-13(16)9-12(10-14(15)18-5)7-6-8-17(3)4/h9-11H,6-8H2,1-5H3. The van der Waals surface area contributed by atoms with E-state index in [9.17, 15) is 0 Å². The molecular weight excluding hydrogens is 306 g/mol. The highest BCUT2D eigenvalue weighted by Crippen LogP contribution is 2.37. The van der Waals surface area contributed by atoms with E-state index in [-0.39, 0.29) is 6.10 Å². The van der Waals surface area contributed by atoms with Gasteiger partial charge in [-0.15, -0.1) is 0 Å². The Labute approximate surface area is 125 Å². The van der Waals surface area contributed by atoms with Crippen molar-refractivity contribution in [3.8, 4) is 11.5 Å². The van der Waals surface area contributed by atoms with Gasteiger partial charge in [-0.2, -0.15) is 0 Å². The average Bonchev–Trinajstić information content (AvgIpc) is 2.31. The maximum Gasteiger partial charge on any atom is 0.175 e. The molecule has 0 saturated carbocycles. The van der Waals surface area contributed by atoms with Crippen molar-refractivity contribution < 1.29 is 9.47 Å². The fourth-order valence-electron chi connectivity index (χ4n) is 1.87. The first kappa shape index (κ1) is 16.3. The Hall–Kier alpha value is -0.740. The van der Waals surface area contributed by atoms with Crippen LogP contribution in [0.1, 0.15) is 25.8 Å². The second-order valence-electron chi connectivity index (χ2n) is 5.18. The first-order valence-electron chi connectivity index (χ1n) is 6.61. The predicted molar refractivity (Wildman–Crippen MR) is 83.3 cm³/mol. The molecule has 0 saturated heterocycles. The van der Waals surface area contributed by atoms with Crippen LogP contribution < -0.4 is 9.47 Å². The van der Waals surface area contributed by atoms with Crippen molar-refractivity contribution in [2.24, 2.45) is 0 Å². The lowest BCUT2D eigenvalue weighted by Gasteiger charge is -2.17. The molecule has 108 valence electrons. The van der Waals surface area contributed by atoms with Crippen LogP contribution in [0.4, 0.5) is 0 Å². The van der Waals surface area contributed by atoms with Crippen molar-refractivity contribution >= 4 is 15.9 Å². The van der Waals surface area contributed by atoms with Gasteiger partial charge < -0.3 is 14.4 Å². The van der Waals surface area contributed by atoms with Gasteiger partial charge in [0, 0.05) is 0 Å². The fourth-order valence-corrected chi connectivity index (χ4v) is 2.45. The minimum Gasteiger partial charge on any atom is -0.493 e. The zero-order valence-electron chi connectivity index (χ0n) is 12.5. The van der Waals surface area contributed by atoms with Crippen LogP contribution in [0.25, 0.3) is 0 Å². The topological polar surface area (TPSA) is 21.7 Å². The van der Waals surface area contributed by atoms with Gasteiger partial charge in [-0.1, -0.05) is 0 Å². The number of hydrogen-bond acceptors (Lipinski definition) is 3. The van der Waals surface area contributed by atoms with Crippen LogP contribution in [0.2, 0.25) is 0 Å². The van der Waals surface area contributed by atoms with Crippen molar-refractivity contribution in [3.63, 3.8) is 0 Å². The lowest BCUT2D eigenvalue weighted by atomic mass is 10.1. The molecule has 0 aromatic heterocycles. The molecular formula is C15H24BrNO2. The first-order valence-corrected chi connectivity index (χ1v) is 7.41. The Balaban J connectivity index is 2.83. The molecule has 0 heterocycles. The summed E-state index contributed by atoms with van der Waals surface area (Å²) in [6.45, 7) is 5.11. The third-order valence-electron chi connectivity index (χ3n) is 2.71. The predicted octanol–water partition coefficient (Wildman–Crippen LogP) is 3.74. The smallest absolute Gasteiger partial charge is 0.175 e. The van der Waals surface area contributed by atoms with Crippen LogP contribution in [-0.4, -0.2) is 38.8 Å². The van der Waals surface area contributed by atoms with E-state index in [0.29, 0.717) is 0 Å². The van der Waals surface area contributed by atoms with Gasteiger partial charge in [0.2, 0.25) is 0 Å². The first-order chi connectivity index (χ1) is 8.93. The summed E-state index contributed by atoms with van der Waals surface area (Å²) in [5, 5.41) is 0. The van der Waals surface area contributed by atoms with Crippen LogP contribution in [0.3, 0.4) is 0 Å². The second kappa shape index (κ2) is 7.75. The monoisotopic (exact) mass is 329 g/mol. The highest BCUT2D eigenvalue weighted by molar-refractivity contribution is 9.10. The molecule has 0 aliphatic rings. The van der Waals surface area contributed by atoms with Crippen molar-refractivity contribution in [1.82, 2.24) is 4.90 Å². The molecule has 0 aliphatic carbocycles. The van der Waals surface area contributed by atoms with Gasteiger partial charge in [0.1, 0.15) is 0 Å². The highest BCUT2D eigenvalue weighted by atomic mass is 79.9. The summed E-state index contributed by atoms with van der Waals surface area (Å²) < 4.78 is 12.2. The summed E-state index contributed by atoms with van der Waals surface area (Å²) in [6, 6.07) is 4.19. The Bertz CT molecular complexity index is 405. The van der Waals surface area contributed by atoms with Gasteiger partial charge in [-0.3, -0.25) is 0 Å². The molecule has 0 atom stereocenters. The Kier molecular flexibility index (Phi) is 6.66. The van der Waals surface area contributed by atoms with E-state index in [1.807, 2.05) is 13.8 Å². The quantitative estimate of drug-likeness (QED) is 0.760. The third kappa shape index (κ3) is 5.41. The van der Waals surface area contributed by atoms with E-state index in [0.717, 1.165) is 35.4 Å². The van der Waals surface area contributed by atoms with Crippen LogP contribution >= 0.6 is 15.9 Å². The fraction of sp³-hybridized carbons (Fsp3) is 0.600. The number of benzene rings is 1. The summed E-state index contributed by atoms with van der Waals surface area (Å²) in [5.74, 6) is 1.58. The molecule has 4 heteroatoms. The van der Waals surface area contributed by atoms with Crippen molar-refractivity contribution in [1.29, 1.82) is 0 Å². The Morgan fingerprint density at radius 2 is 1.95 bits per heavy atom. The zero-order valence-corrected chi connectivity index (χ0v) is 14.1. The van der Waals surface area contributed by atoms with E-state index < -0.39 is 0 Å². The molecule has 19 heavy (non-hydrogen) atoms. The summed E-state index contributed by atoms with van der Waals surface area (Å²) in [6.07, 6.45) is 2.30. The van der Waals surface area contributed by atoms with Gasteiger partial charge in [0.25, 0.3) is 0 Å². The van der Waals surface area contributed by atoms with Gasteiger partial charge in [0.15, 0.2) is 11.5 Å². The highest BCUT2D eigenvalue weighted by Gasteiger charge is 2.13. The maximum absolute atomic E-state index is 5.78. The lowest BCUT2D eigenvalue weighted by molar-refractivity contribution is 0.228. The number of hydrogen-bond donors (Lipinski definition) is 0. The number of aryl methyl sites for hydroxylation is 1. The average molecular weight is 330 g/mol. The van der Waals surface area contributed by atoms with E-state index >= 15 is 0 Å². The molecule has 0 fully saturated rings. The molecule has 1 aromatic rings. The van der Waals surface area contributed by atoms with Crippen LogP contribution in [0, 0.1) is 0 Å². The molecule has 1 aromatic carbocycles. The van der Waals surface area contributed by atoms with E-state index in [1.165, 1.54) is 5.56 Å². The SMILES string of the molecule is COc1cc(CCCN(C)C)cc(Br)c1OC(C)C. The summed E-state index contributed by atoms with van der Waals surface area (Å²) in [7, 11) is 5.87. The molecule has 0 spiro atoms. The molecule has 0 unspecified atom stereocenters. The van der Waals surface area contributed by atoms with Gasteiger partial charge in [-0.05, 0) is 81.0 Å². The van der Waals surface area contributed by atoms with Crippen molar-refractivity contribution in [2.45, 2.75) is 32.8 Å². The molecule has 1 rings (SSSR count). The van der Waals surface area contributed by atoms with E-state index in [2.05, 4.69) is 47.1 Å². The molecule has 0 amide bonds. The number of rotatable bonds is 7. The van der Waals surface area contributed by atoms with Crippen molar-refractivity contribution in [2.75, 3.05) is 27.7 Å². The Morgan fingerprint density at radius 3 is 2.47 bits per heavy atom. The molecule has 0 aliphatic heterocycles. The summed E-state index contributed by atoms with van der Waals surface area (Å²) >= 11 is 3.57. The second-order valence-corrected chi connectivity index (χ2v) is 6.04. The third-order valence-corrected chi connectivity index (χ3v) is 3.30. The number of nitrogens with zero attached hydrogens (tertiary/aromatic N) is 1. The molecule has 0 bridgehead atoms. The van der Waals surface area contributed by atoms with Crippen LogP contribution in [0.5, 0.6) is 11.5 Å². The molecule has 3 nitrogen and oxygen atoms in total. The van der Waals surface area contributed by atoms with Gasteiger partial charge in [-0.25, -0.2) is 0 Å². The molecule has 0 radical (unpaired) electrons. The van der Waals surface area contributed by atoms with E-state index in [1.54, 1.807) is 7.11 Å². The largest absolute Gasteiger partial charge is 0.493 e. The van der Waals surface area contributed by atoms with Crippen LogP contribution in [0.15, 0.2) is 16.6 Å². The van der Waals surface area contributed by atoms with Crippen molar-refractivity contribution in [3.05, 3.63) is 22.2 Å². The number of halogens is 1. The minimum absolute atomic E-state index is 0.129. The summed E-state index contributed by atoms with van der Waals surface area (Å²) in [5.41, 5.74) is 1.27. The Morgan fingerprint density at radius 1 is 1.26 bits per heavy atom.